The molecule has 0 unspecified atom stereocenters. The smallest absolute Gasteiger partial charge is 0.224 e. The van der Waals surface area contributed by atoms with Gasteiger partial charge in [0.25, 0.3) is 0 Å². The Labute approximate surface area is 160 Å². The fourth-order valence-electron chi connectivity index (χ4n) is 2.82. The molecule has 0 aliphatic heterocycles. The van der Waals surface area contributed by atoms with E-state index in [1.165, 1.54) is 11.8 Å². The first-order valence-electron chi connectivity index (χ1n) is 7.53. The Hall–Kier alpha value is -1.87. The highest BCUT2D eigenvalue weighted by Crippen LogP contribution is 2.41. The van der Waals surface area contributed by atoms with Gasteiger partial charge in [-0.2, -0.15) is 5.26 Å². The van der Waals surface area contributed by atoms with Gasteiger partial charge in [0, 0.05) is 16.8 Å². The third kappa shape index (κ3) is 3.30. The number of carbonyl (C=O) groups is 1. The molecule has 0 aliphatic carbocycles. The normalized spacial score (nSPS) is 10.8. The molecule has 3 rings (SSSR count). The van der Waals surface area contributed by atoms with E-state index in [0.717, 1.165) is 38.2 Å². The summed E-state index contributed by atoms with van der Waals surface area (Å²) in [5.74, 6) is 0. The summed E-state index contributed by atoms with van der Waals surface area (Å²) in [5.41, 5.74) is 4.19. The highest BCUT2D eigenvalue weighted by Gasteiger charge is 2.22. The van der Waals surface area contributed by atoms with Crippen molar-refractivity contribution in [3.63, 3.8) is 0 Å². The third-order valence-corrected chi connectivity index (χ3v) is 6.06. The number of pyridine rings is 1. The van der Waals surface area contributed by atoms with E-state index in [2.05, 4.69) is 12.1 Å². The van der Waals surface area contributed by atoms with Gasteiger partial charge in [-0.3, -0.25) is 4.79 Å². The molecule has 25 heavy (non-hydrogen) atoms. The maximum Gasteiger partial charge on any atom is 0.224 e. The van der Waals surface area contributed by atoms with Crippen LogP contribution in [-0.4, -0.2) is 15.8 Å². The van der Waals surface area contributed by atoms with Crippen LogP contribution < -0.4 is 0 Å². The quantitative estimate of drug-likeness (QED) is 0.539. The SMILES string of the molecule is CSc1c(SC(=O)c2ccc(Cl)cc2)c2c(C)cc(C)cn2c1C#N. The number of carbonyl (C=O) groups excluding carboxylic acids is 1. The second-order valence-corrected chi connectivity index (χ2v) is 7.87. The fourth-order valence-corrected chi connectivity index (χ4v) is 4.93. The zero-order valence-corrected chi connectivity index (χ0v) is 16.4. The topological polar surface area (TPSA) is 45.3 Å². The monoisotopic (exact) mass is 386 g/mol. The lowest BCUT2D eigenvalue weighted by molar-refractivity contribution is 0.108. The van der Waals surface area contributed by atoms with E-state index in [-0.39, 0.29) is 5.12 Å². The van der Waals surface area contributed by atoms with Crippen LogP contribution >= 0.6 is 35.1 Å². The number of rotatable bonds is 3. The highest BCUT2D eigenvalue weighted by atomic mass is 35.5. The van der Waals surface area contributed by atoms with Gasteiger partial charge in [0.05, 0.1) is 15.3 Å². The predicted molar refractivity (Wildman–Crippen MR) is 105 cm³/mol. The van der Waals surface area contributed by atoms with Crippen LogP contribution in [0.25, 0.3) is 5.52 Å². The molecule has 0 atom stereocenters. The summed E-state index contributed by atoms with van der Waals surface area (Å²) in [6, 6.07) is 11.2. The molecule has 0 bridgehead atoms. The molecule has 0 saturated heterocycles. The number of benzene rings is 1. The van der Waals surface area contributed by atoms with Crippen LogP contribution in [0.15, 0.2) is 46.3 Å². The van der Waals surface area contributed by atoms with Crippen LogP contribution in [0.4, 0.5) is 0 Å². The van der Waals surface area contributed by atoms with Crippen molar-refractivity contribution in [2.75, 3.05) is 6.26 Å². The Morgan fingerprint density at radius 1 is 1.20 bits per heavy atom. The van der Waals surface area contributed by atoms with E-state index in [4.69, 9.17) is 11.6 Å². The van der Waals surface area contributed by atoms with Crippen LogP contribution in [0.3, 0.4) is 0 Å². The maximum atomic E-state index is 12.7. The molecule has 126 valence electrons. The van der Waals surface area contributed by atoms with Crippen molar-refractivity contribution in [2.45, 2.75) is 23.6 Å². The third-order valence-electron chi connectivity index (χ3n) is 3.85. The molecule has 6 heteroatoms. The molecule has 2 heterocycles. The molecule has 0 fully saturated rings. The average molecular weight is 387 g/mol. The van der Waals surface area contributed by atoms with Gasteiger partial charge in [-0.15, -0.1) is 11.8 Å². The van der Waals surface area contributed by atoms with Crippen molar-refractivity contribution < 1.29 is 4.79 Å². The van der Waals surface area contributed by atoms with Crippen LogP contribution in [0.5, 0.6) is 0 Å². The summed E-state index contributed by atoms with van der Waals surface area (Å²) in [6.45, 7) is 4.00. The number of nitrogens with zero attached hydrogens (tertiary/aromatic N) is 2. The number of fused-ring (bicyclic) bond motifs is 1. The molecule has 3 aromatic rings. The highest BCUT2D eigenvalue weighted by molar-refractivity contribution is 8.14. The number of halogens is 1. The van der Waals surface area contributed by atoms with Crippen LogP contribution in [0, 0.1) is 25.2 Å². The van der Waals surface area contributed by atoms with E-state index < -0.39 is 0 Å². The van der Waals surface area contributed by atoms with Crippen molar-refractivity contribution >= 4 is 45.8 Å². The van der Waals surface area contributed by atoms with E-state index >= 15 is 0 Å². The average Bonchev–Trinajstić information content (AvgIpc) is 2.87. The van der Waals surface area contributed by atoms with Crippen molar-refractivity contribution in [1.29, 1.82) is 5.26 Å². The molecule has 3 nitrogen and oxygen atoms in total. The molecule has 2 aromatic heterocycles. The maximum absolute atomic E-state index is 12.7. The molecule has 0 spiro atoms. The van der Waals surface area contributed by atoms with Crippen molar-refractivity contribution in [1.82, 2.24) is 4.40 Å². The summed E-state index contributed by atoms with van der Waals surface area (Å²) in [5, 5.41) is 10.2. The van der Waals surface area contributed by atoms with Gasteiger partial charge in [0.15, 0.2) is 0 Å². The van der Waals surface area contributed by atoms with Gasteiger partial charge in [-0.25, -0.2) is 0 Å². The number of hydrogen-bond donors (Lipinski definition) is 0. The minimum atomic E-state index is -0.0658. The van der Waals surface area contributed by atoms with Crippen molar-refractivity contribution in [2.24, 2.45) is 0 Å². The fraction of sp³-hybridized carbons (Fsp3) is 0.158. The summed E-state index contributed by atoms with van der Waals surface area (Å²) in [4.78, 5) is 14.4. The second-order valence-electron chi connectivity index (χ2n) is 5.64. The Balaban J connectivity index is 2.17. The van der Waals surface area contributed by atoms with E-state index in [1.54, 1.807) is 24.3 Å². The number of hydrogen-bond acceptors (Lipinski definition) is 4. The zero-order valence-electron chi connectivity index (χ0n) is 14.0. The van der Waals surface area contributed by atoms with E-state index in [9.17, 15) is 10.1 Å². The first-order valence-corrected chi connectivity index (χ1v) is 9.95. The Morgan fingerprint density at radius 2 is 1.88 bits per heavy atom. The molecule has 0 radical (unpaired) electrons. The molecular formula is C19H15ClN2OS2. The van der Waals surface area contributed by atoms with Gasteiger partial charge in [0.1, 0.15) is 11.8 Å². The van der Waals surface area contributed by atoms with Crippen LogP contribution in [0.2, 0.25) is 5.02 Å². The van der Waals surface area contributed by atoms with E-state index in [0.29, 0.717) is 16.3 Å². The summed E-state index contributed by atoms with van der Waals surface area (Å²) >= 11 is 8.55. The Bertz CT molecular complexity index is 1020. The number of aryl methyl sites for hydroxylation is 2. The lowest BCUT2D eigenvalue weighted by Crippen LogP contribution is -1.94. The van der Waals surface area contributed by atoms with E-state index in [1.807, 2.05) is 30.7 Å². The lowest BCUT2D eigenvalue weighted by atomic mass is 10.2. The lowest BCUT2D eigenvalue weighted by Gasteiger charge is -2.06. The zero-order chi connectivity index (χ0) is 18.1. The first-order chi connectivity index (χ1) is 12.0. The number of thioether (sulfide) groups is 2. The first kappa shape index (κ1) is 17.9. The Morgan fingerprint density at radius 3 is 2.48 bits per heavy atom. The van der Waals surface area contributed by atoms with Crippen LogP contribution in [-0.2, 0) is 0 Å². The second kappa shape index (κ2) is 7.17. The Kier molecular flexibility index (Phi) is 5.14. The number of nitriles is 1. The van der Waals surface area contributed by atoms with Gasteiger partial charge in [-0.05, 0) is 67.3 Å². The van der Waals surface area contributed by atoms with Gasteiger partial charge in [-0.1, -0.05) is 17.7 Å². The van der Waals surface area contributed by atoms with Crippen molar-refractivity contribution in [3.8, 4) is 6.07 Å². The largest absolute Gasteiger partial charge is 0.306 e. The summed E-state index contributed by atoms with van der Waals surface area (Å²) < 4.78 is 1.90. The summed E-state index contributed by atoms with van der Waals surface area (Å²) in [7, 11) is 0. The molecule has 0 aliphatic rings. The molecule has 1 aromatic carbocycles. The number of aromatic nitrogens is 1. The molecular weight excluding hydrogens is 372 g/mol. The van der Waals surface area contributed by atoms with Crippen LogP contribution in [0.1, 0.15) is 27.2 Å². The minimum absolute atomic E-state index is 0.0658. The standard InChI is InChI=1S/C19H15ClN2OS2/c1-11-8-12(2)16-18(17(24-3)15(9-21)22(16)10-11)25-19(23)13-4-6-14(20)7-5-13/h4-8,10H,1-3H3. The molecule has 0 N–H and O–H groups in total. The summed E-state index contributed by atoms with van der Waals surface area (Å²) in [6.07, 6.45) is 3.87. The van der Waals surface area contributed by atoms with Gasteiger partial charge >= 0.3 is 0 Å². The predicted octanol–water partition coefficient (Wildman–Crippen LogP) is 5.74. The minimum Gasteiger partial charge on any atom is -0.306 e. The molecule has 0 saturated carbocycles. The van der Waals surface area contributed by atoms with Gasteiger partial charge < -0.3 is 4.40 Å². The molecule has 0 amide bonds. The van der Waals surface area contributed by atoms with Gasteiger partial charge in [0.2, 0.25) is 5.12 Å². The van der Waals surface area contributed by atoms with Crippen molar-refractivity contribution in [3.05, 3.63) is 63.9 Å².